The molecule has 0 spiro atoms. The van der Waals surface area contributed by atoms with E-state index in [0.717, 1.165) is 16.7 Å². The molecule has 3 aromatic rings. The highest BCUT2D eigenvalue weighted by Gasteiger charge is 2.31. The molecule has 0 bridgehead atoms. The summed E-state index contributed by atoms with van der Waals surface area (Å²) in [5, 5.41) is 20.8. The minimum absolute atomic E-state index is 0.0589. The molecule has 2 aromatic carbocycles. The second-order valence-electron chi connectivity index (χ2n) is 6.73. The summed E-state index contributed by atoms with van der Waals surface area (Å²) >= 11 is 0. The number of aliphatic hydroxyl groups is 1. The molecule has 1 heterocycles. The SMILES string of the molecule is CN(CO)C(=N)NC(C)(c1ccccc1)c1ccc(F)c(-c2ccncc2)c1. The molecular formula is C22H23FN4O. The van der Waals surface area contributed by atoms with Gasteiger partial charge in [-0.2, -0.15) is 0 Å². The monoisotopic (exact) mass is 378 g/mol. The summed E-state index contributed by atoms with van der Waals surface area (Å²) < 4.78 is 14.6. The number of benzene rings is 2. The second-order valence-corrected chi connectivity index (χ2v) is 6.73. The van der Waals surface area contributed by atoms with Crippen molar-refractivity contribution >= 4 is 5.96 Å². The third kappa shape index (κ3) is 3.87. The Labute approximate surface area is 164 Å². The quantitative estimate of drug-likeness (QED) is 0.361. The van der Waals surface area contributed by atoms with Gasteiger partial charge in [-0.05, 0) is 47.9 Å². The normalized spacial score (nSPS) is 12.9. The summed E-state index contributed by atoms with van der Waals surface area (Å²) in [6.45, 7) is 1.65. The van der Waals surface area contributed by atoms with Gasteiger partial charge in [0.25, 0.3) is 0 Å². The van der Waals surface area contributed by atoms with Crippen molar-refractivity contribution in [2.24, 2.45) is 0 Å². The van der Waals surface area contributed by atoms with E-state index in [1.165, 1.54) is 11.0 Å². The molecule has 1 aromatic heterocycles. The molecule has 0 saturated carbocycles. The predicted molar refractivity (Wildman–Crippen MR) is 108 cm³/mol. The Morgan fingerprint density at radius 1 is 1.11 bits per heavy atom. The van der Waals surface area contributed by atoms with Gasteiger partial charge in [0, 0.05) is 25.0 Å². The van der Waals surface area contributed by atoms with Crippen LogP contribution in [0.1, 0.15) is 18.1 Å². The summed E-state index contributed by atoms with van der Waals surface area (Å²) in [6, 6.07) is 18.1. The van der Waals surface area contributed by atoms with Crippen molar-refractivity contribution in [3.63, 3.8) is 0 Å². The van der Waals surface area contributed by atoms with Crippen molar-refractivity contribution in [1.82, 2.24) is 15.2 Å². The van der Waals surface area contributed by atoms with Crippen molar-refractivity contribution in [2.75, 3.05) is 13.8 Å². The molecule has 6 heteroatoms. The molecule has 0 aliphatic rings. The van der Waals surface area contributed by atoms with Crippen molar-refractivity contribution in [3.05, 3.63) is 90.0 Å². The van der Waals surface area contributed by atoms with Crippen LogP contribution in [0.25, 0.3) is 11.1 Å². The molecule has 0 radical (unpaired) electrons. The van der Waals surface area contributed by atoms with Crippen LogP contribution in [0.4, 0.5) is 4.39 Å². The van der Waals surface area contributed by atoms with Crippen LogP contribution in [-0.2, 0) is 5.54 Å². The van der Waals surface area contributed by atoms with E-state index in [2.05, 4.69) is 10.3 Å². The third-order valence-corrected chi connectivity index (χ3v) is 4.85. The molecule has 0 aliphatic carbocycles. The smallest absolute Gasteiger partial charge is 0.193 e. The Balaban J connectivity index is 2.12. The lowest BCUT2D eigenvalue weighted by atomic mass is 9.83. The zero-order valence-electron chi connectivity index (χ0n) is 15.9. The maximum atomic E-state index is 14.6. The number of hydrogen-bond donors (Lipinski definition) is 3. The van der Waals surface area contributed by atoms with E-state index in [9.17, 15) is 9.50 Å². The van der Waals surface area contributed by atoms with Gasteiger partial charge >= 0.3 is 0 Å². The van der Waals surface area contributed by atoms with Gasteiger partial charge in [-0.15, -0.1) is 0 Å². The number of rotatable bonds is 5. The Kier molecular flexibility index (Phi) is 5.70. The first-order valence-electron chi connectivity index (χ1n) is 8.90. The largest absolute Gasteiger partial charge is 0.376 e. The Hall–Kier alpha value is -3.25. The lowest BCUT2D eigenvalue weighted by Gasteiger charge is -2.35. The lowest BCUT2D eigenvalue weighted by Crippen LogP contribution is -2.50. The highest BCUT2D eigenvalue weighted by Crippen LogP contribution is 2.33. The summed E-state index contributed by atoms with van der Waals surface area (Å²) in [7, 11) is 1.62. The fourth-order valence-corrected chi connectivity index (χ4v) is 3.07. The summed E-state index contributed by atoms with van der Waals surface area (Å²) in [5.74, 6) is -0.267. The molecule has 3 N–H and O–H groups in total. The van der Waals surface area contributed by atoms with Crippen LogP contribution in [0.3, 0.4) is 0 Å². The second kappa shape index (κ2) is 8.19. The number of nitrogens with one attached hydrogen (secondary N) is 2. The first kappa shape index (κ1) is 19.5. The molecule has 0 aliphatic heterocycles. The molecule has 1 unspecified atom stereocenters. The Bertz CT molecular complexity index is 949. The number of pyridine rings is 1. The minimum atomic E-state index is -0.808. The molecule has 0 fully saturated rings. The van der Waals surface area contributed by atoms with Crippen LogP contribution in [0.15, 0.2) is 73.1 Å². The first-order valence-corrected chi connectivity index (χ1v) is 8.90. The number of hydrogen-bond acceptors (Lipinski definition) is 3. The minimum Gasteiger partial charge on any atom is -0.376 e. The fraction of sp³-hybridized carbons (Fsp3) is 0.182. The molecular weight excluding hydrogens is 355 g/mol. The molecule has 1 atom stereocenters. The van der Waals surface area contributed by atoms with Gasteiger partial charge in [0.1, 0.15) is 12.5 Å². The summed E-state index contributed by atoms with van der Waals surface area (Å²) in [6.07, 6.45) is 3.25. The zero-order chi connectivity index (χ0) is 20.1. The van der Waals surface area contributed by atoms with E-state index < -0.39 is 5.54 Å². The van der Waals surface area contributed by atoms with E-state index >= 15 is 0 Å². The van der Waals surface area contributed by atoms with Gasteiger partial charge in [0.15, 0.2) is 5.96 Å². The molecule has 28 heavy (non-hydrogen) atoms. The Morgan fingerprint density at radius 2 is 1.79 bits per heavy atom. The van der Waals surface area contributed by atoms with Crippen LogP contribution in [-0.4, -0.2) is 34.7 Å². The first-order chi connectivity index (χ1) is 13.5. The van der Waals surface area contributed by atoms with Crippen LogP contribution < -0.4 is 5.32 Å². The maximum absolute atomic E-state index is 14.6. The van der Waals surface area contributed by atoms with E-state index in [4.69, 9.17) is 5.41 Å². The summed E-state index contributed by atoms with van der Waals surface area (Å²) in [5.41, 5.74) is 2.09. The van der Waals surface area contributed by atoms with Gasteiger partial charge < -0.3 is 15.3 Å². The molecule has 5 nitrogen and oxygen atoms in total. The van der Waals surface area contributed by atoms with Gasteiger partial charge in [0.05, 0.1) is 5.54 Å². The van der Waals surface area contributed by atoms with E-state index in [0.29, 0.717) is 5.56 Å². The standard InChI is InChI=1S/C22H23FN4O/c1-22(17-6-4-3-5-7-17,26-21(24)27(2)15-28)18-8-9-20(23)19(14-18)16-10-12-25-13-11-16/h3-14,28H,15H2,1-2H3,(H2,24,26). The van der Waals surface area contributed by atoms with E-state index in [1.807, 2.05) is 37.3 Å². The molecule has 0 amide bonds. The molecule has 144 valence electrons. The van der Waals surface area contributed by atoms with Gasteiger partial charge in [-0.1, -0.05) is 36.4 Å². The fourth-order valence-electron chi connectivity index (χ4n) is 3.07. The zero-order valence-corrected chi connectivity index (χ0v) is 15.9. The number of nitrogens with zero attached hydrogens (tertiary/aromatic N) is 2. The van der Waals surface area contributed by atoms with Gasteiger partial charge in [0.2, 0.25) is 0 Å². The summed E-state index contributed by atoms with van der Waals surface area (Å²) in [4.78, 5) is 5.38. The van der Waals surface area contributed by atoms with Crippen LogP contribution in [0, 0.1) is 11.2 Å². The number of guanidine groups is 1. The average Bonchev–Trinajstić information content (AvgIpc) is 2.74. The van der Waals surface area contributed by atoms with E-state index in [-0.39, 0.29) is 18.5 Å². The van der Waals surface area contributed by atoms with Gasteiger partial charge in [-0.25, -0.2) is 4.39 Å². The Morgan fingerprint density at radius 3 is 2.43 bits per heavy atom. The average molecular weight is 378 g/mol. The van der Waals surface area contributed by atoms with Crippen molar-refractivity contribution in [3.8, 4) is 11.1 Å². The number of halogens is 1. The topological polar surface area (TPSA) is 72.2 Å². The van der Waals surface area contributed by atoms with Crippen LogP contribution in [0.2, 0.25) is 0 Å². The molecule has 3 rings (SSSR count). The predicted octanol–water partition coefficient (Wildman–Crippen LogP) is 3.56. The maximum Gasteiger partial charge on any atom is 0.193 e. The lowest BCUT2D eigenvalue weighted by molar-refractivity contribution is 0.185. The van der Waals surface area contributed by atoms with Crippen LogP contribution >= 0.6 is 0 Å². The van der Waals surface area contributed by atoms with Crippen molar-refractivity contribution in [2.45, 2.75) is 12.5 Å². The van der Waals surface area contributed by atoms with Crippen LogP contribution in [0.5, 0.6) is 0 Å². The number of aliphatic hydroxyl groups excluding tert-OH is 1. The highest BCUT2D eigenvalue weighted by atomic mass is 19.1. The van der Waals surface area contributed by atoms with E-state index in [1.54, 1.807) is 43.7 Å². The number of aromatic nitrogens is 1. The third-order valence-electron chi connectivity index (χ3n) is 4.85. The molecule has 0 saturated heterocycles. The van der Waals surface area contributed by atoms with Gasteiger partial charge in [-0.3, -0.25) is 10.4 Å². The highest BCUT2D eigenvalue weighted by molar-refractivity contribution is 5.78. The van der Waals surface area contributed by atoms with Crippen molar-refractivity contribution in [1.29, 1.82) is 5.41 Å². The van der Waals surface area contributed by atoms with Crippen molar-refractivity contribution < 1.29 is 9.50 Å².